The monoisotopic (exact) mass is 280 g/mol. The van der Waals surface area contributed by atoms with E-state index in [1.807, 2.05) is 0 Å². The van der Waals surface area contributed by atoms with Crippen LogP contribution in [0.3, 0.4) is 0 Å². The van der Waals surface area contributed by atoms with Gasteiger partial charge in [-0.05, 0) is 77.4 Å². The van der Waals surface area contributed by atoms with Gasteiger partial charge in [-0.25, -0.2) is 0 Å². The maximum Gasteiger partial charge on any atom is 0.0359 e. The SMILES string of the molecule is CNC(C1CCCC(C)C1)C1(N(C)C)CCC(C)CC1. The second-order valence-electron chi connectivity index (χ2n) is 7.98. The van der Waals surface area contributed by atoms with Gasteiger partial charge in [-0.3, -0.25) is 0 Å². The molecule has 0 bridgehead atoms. The van der Waals surface area contributed by atoms with E-state index in [0.29, 0.717) is 11.6 Å². The quantitative estimate of drug-likeness (QED) is 0.840. The Kier molecular flexibility index (Phi) is 5.53. The number of nitrogens with zero attached hydrogens (tertiary/aromatic N) is 1. The summed E-state index contributed by atoms with van der Waals surface area (Å²) >= 11 is 0. The van der Waals surface area contributed by atoms with E-state index in [-0.39, 0.29) is 0 Å². The van der Waals surface area contributed by atoms with Crippen LogP contribution in [-0.4, -0.2) is 37.6 Å². The maximum absolute atomic E-state index is 3.76. The molecule has 0 amide bonds. The van der Waals surface area contributed by atoms with Crippen molar-refractivity contribution in [3.05, 3.63) is 0 Å². The standard InChI is InChI=1S/C18H36N2/c1-14-9-11-18(12-10-14,20(4)5)17(19-3)16-8-6-7-15(2)13-16/h14-17,19H,6-13H2,1-5H3. The first-order valence-corrected chi connectivity index (χ1v) is 8.84. The van der Waals surface area contributed by atoms with Gasteiger partial charge < -0.3 is 10.2 Å². The average molecular weight is 281 g/mol. The molecule has 1 N–H and O–H groups in total. The lowest BCUT2D eigenvalue weighted by Crippen LogP contribution is -2.62. The van der Waals surface area contributed by atoms with Crippen LogP contribution in [0.25, 0.3) is 0 Å². The van der Waals surface area contributed by atoms with Crippen LogP contribution in [0.1, 0.15) is 65.2 Å². The van der Waals surface area contributed by atoms with E-state index in [4.69, 9.17) is 0 Å². The first-order chi connectivity index (χ1) is 9.49. The molecule has 0 aromatic rings. The van der Waals surface area contributed by atoms with Gasteiger partial charge in [-0.2, -0.15) is 0 Å². The number of hydrogen-bond donors (Lipinski definition) is 1. The fraction of sp³-hybridized carbons (Fsp3) is 1.00. The highest BCUT2D eigenvalue weighted by atomic mass is 15.2. The molecule has 0 radical (unpaired) electrons. The number of hydrogen-bond acceptors (Lipinski definition) is 2. The predicted molar refractivity (Wildman–Crippen MR) is 88.0 cm³/mol. The summed E-state index contributed by atoms with van der Waals surface area (Å²) in [6.07, 6.45) is 11.3. The van der Waals surface area contributed by atoms with Crippen molar-refractivity contribution in [2.75, 3.05) is 21.1 Å². The Morgan fingerprint density at radius 2 is 1.65 bits per heavy atom. The van der Waals surface area contributed by atoms with Gasteiger partial charge in [0.05, 0.1) is 0 Å². The van der Waals surface area contributed by atoms with Crippen molar-refractivity contribution in [2.45, 2.75) is 76.8 Å². The summed E-state index contributed by atoms with van der Waals surface area (Å²) in [4.78, 5) is 2.55. The van der Waals surface area contributed by atoms with Crippen molar-refractivity contribution in [2.24, 2.45) is 17.8 Å². The zero-order valence-corrected chi connectivity index (χ0v) is 14.4. The van der Waals surface area contributed by atoms with Crippen LogP contribution < -0.4 is 5.32 Å². The summed E-state index contributed by atoms with van der Waals surface area (Å²) < 4.78 is 0. The van der Waals surface area contributed by atoms with Crippen LogP contribution in [0.5, 0.6) is 0 Å². The Balaban J connectivity index is 2.16. The molecule has 20 heavy (non-hydrogen) atoms. The van der Waals surface area contributed by atoms with E-state index in [9.17, 15) is 0 Å². The molecule has 2 fully saturated rings. The molecule has 0 heterocycles. The highest BCUT2D eigenvalue weighted by Gasteiger charge is 2.46. The van der Waals surface area contributed by atoms with Crippen LogP contribution in [0.4, 0.5) is 0 Å². The summed E-state index contributed by atoms with van der Waals surface area (Å²) in [5.74, 6) is 2.72. The normalized spacial score (nSPS) is 40.8. The fourth-order valence-corrected chi connectivity index (χ4v) is 5.03. The molecule has 3 unspecified atom stereocenters. The molecule has 3 atom stereocenters. The Hall–Kier alpha value is -0.0800. The third kappa shape index (κ3) is 3.22. The van der Waals surface area contributed by atoms with Crippen molar-refractivity contribution in [1.82, 2.24) is 10.2 Å². The van der Waals surface area contributed by atoms with Crippen molar-refractivity contribution in [1.29, 1.82) is 0 Å². The lowest BCUT2D eigenvalue weighted by Gasteiger charge is -2.53. The molecule has 2 aliphatic rings. The van der Waals surface area contributed by atoms with E-state index >= 15 is 0 Å². The topological polar surface area (TPSA) is 15.3 Å². The largest absolute Gasteiger partial charge is 0.315 e. The first-order valence-electron chi connectivity index (χ1n) is 8.84. The van der Waals surface area contributed by atoms with E-state index in [1.54, 1.807) is 0 Å². The smallest absolute Gasteiger partial charge is 0.0359 e. The number of nitrogens with one attached hydrogen (secondary N) is 1. The van der Waals surface area contributed by atoms with Crippen molar-refractivity contribution < 1.29 is 0 Å². The molecule has 2 nitrogen and oxygen atoms in total. The highest BCUT2D eigenvalue weighted by molar-refractivity contribution is 5.04. The molecular weight excluding hydrogens is 244 g/mol. The Labute approximate surface area is 126 Å². The zero-order chi connectivity index (χ0) is 14.8. The van der Waals surface area contributed by atoms with Gasteiger partial charge in [0.2, 0.25) is 0 Å². The number of rotatable bonds is 4. The Morgan fingerprint density at radius 3 is 2.15 bits per heavy atom. The van der Waals surface area contributed by atoms with E-state index in [2.05, 4.69) is 45.2 Å². The lowest BCUT2D eigenvalue weighted by atomic mass is 9.65. The summed E-state index contributed by atoms with van der Waals surface area (Å²) in [6.45, 7) is 4.88. The lowest BCUT2D eigenvalue weighted by molar-refractivity contribution is 0.0122. The molecule has 0 aliphatic heterocycles. The third-order valence-electron chi connectivity index (χ3n) is 6.37. The van der Waals surface area contributed by atoms with E-state index in [1.165, 1.54) is 51.4 Å². The van der Waals surface area contributed by atoms with Gasteiger partial charge in [0.15, 0.2) is 0 Å². The third-order valence-corrected chi connectivity index (χ3v) is 6.37. The molecule has 118 valence electrons. The molecule has 0 spiro atoms. The van der Waals surface area contributed by atoms with Gasteiger partial charge in [-0.15, -0.1) is 0 Å². The minimum atomic E-state index is 0.392. The summed E-state index contributed by atoms with van der Waals surface area (Å²) in [7, 11) is 6.83. The summed E-state index contributed by atoms with van der Waals surface area (Å²) in [6, 6.07) is 0.674. The molecule has 0 aromatic heterocycles. The van der Waals surface area contributed by atoms with Crippen LogP contribution in [0.15, 0.2) is 0 Å². The molecule has 2 rings (SSSR count). The molecule has 0 aromatic carbocycles. The Morgan fingerprint density at radius 1 is 1.00 bits per heavy atom. The number of likely N-dealkylation sites (N-methyl/N-ethyl adjacent to an activating group) is 2. The zero-order valence-electron chi connectivity index (χ0n) is 14.4. The summed E-state index contributed by atoms with van der Waals surface area (Å²) in [5.41, 5.74) is 0.392. The first kappa shape index (κ1) is 16.3. The van der Waals surface area contributed by atoms with Crippen molar-refractivity contribution in [3.63, 3.8) is 0 Å². The van der Waals surface area contributed by atoms with Crippen molar-refractivity contribution in [3.8, 4) is 0 Å². The van der Waals surface area contributed by atoms with Gasteiger partial charge in [0, 0.05) is 11.6 Å². The molecule has 2 aliphatic carbocycles. The van der Waals surface area contributed by atoms with Crippen molar-refractivity contribution >= 4 is 0 Å². The van der Waals surface area contributed by atoms with Gasteiger partial charge in [0.25, 0.3) is 0 Å². The molecular formula is C18H36N2. The van der Waals surface area contributed by atoms with Gasteiger partial charge in [0.1, 0.15) is 0 Å². The minimum Gasteiger partial charge on any atom is -0.315 e. The predicted octanol–water partition coefficient (Wildman–Crippen LogP) is 3.91. The Bertz CT molecular complexity index is 292. The van der Waals surface area contributed by atoms with Crippen LogP contribution in [0, 0.1) is 17.8 Å². The van der Waals surface area contributed by atoms with Gasteiger partial charge >= 0.3 is 0 Å². The minimum absolute atomic E-state index is 0.392. The van der Waals surface area contributed by atoms with Gasteiger partial charge in [-0.1, -0.05) is 26.7 Å². The van der Waals surface area contributed by atoms with E-state index < -0.39 is 0 Å². The second kappa shape index (κ2) is 6.79. The second-order valence-corrected chi connectivity index (χ2v) is 7.98. The van der Waals surface area contributed by atoms with Crippen LogP contribution in [-0.2, 0) is 0 Å². The molecule has 2 saturated carbocycles. The van der Waals surface area contributed by atoms with Crippen LogP contribution >= 0.6 is 0 Å². The molecule has 0 saturated heterocycles. The average Bonchev–Trinajstić information content (AvgIpc) is 2.42. The highest BCUT2D eigenvalue weighted by Crippen LogP contribution is 2.43. The molecule has 2 heteroatoms. The fourth-order valence-electron chi connectivity index (χ4n) is 5.03. The maximum atomic E-state index is 3.76. The van der Waals surface area contributed by atoms with Crippen LogP contribution in [0.2, 0.25) is 0 Å². The van der Waals surface area contributed by atoms with E-state index in [0.717, 1.165) is 17.8 Å². The summed E-state index contributed by atoms with van der Waals surface area (Å²) in [5, 5.41) is 3.76.